The molecule has 0 aromatic carbocycles. The molecular formula is C10H11FN2O6. The van der Waals surface area contributed by atoms with Crippen molar-refractivity contribution >= 4 is 5.97 Å². The van der Waals surface area contributed by atoms with E-state index in [0.717, 1.165) is 11.7 Å². The molecule has 8 nitrogen and oxygen atoms in total. The Morgan fingerprint density at radius 3 is 2.95 bits per heavy atom. The van der Waals surface area contributed by atoms with Crippen molar-refractivity contribution in [1.82, 2.24) is 9.55 Å². The summed E-state index contributed by atoms with van der Waals surface area (Å²) < 4.78 is 23.4. The van der Waals surface area contributed by atoms with Gasteiger partial charge < -0.3 is 14.6 Å². The van der Waals surface area contributed by atoms with Crippen molar-refractivity contribution < 1.29 is 23.8 Å². The molecule has 2 heterocycles. The average Bonchev–Trinajstić information content (AvgIpc) is 2.75. The molecule has 0 aliphatic carbocycles. The highest BCUT2D eigenvalue weighted by molar-refractivity contribution is 5.75. The first-order valence-electron chi connectivity index (χ1n) is 5.36. The van der Waals surface area contributed by atoms with Crippen molar-refractivity contribution in [3.8, 4) is 0 Å². The predicted octanol–water partition coefficient (Wildman–Crippen LogP) is -1.50. The molecule has 1 aliphatic rings. The first kappa shape index (κ1) is 13.4. The molecular weight excluding hydrogens is 263 g/mol. The normalized spacial score (nSPS) is 26.4. The molecule has 0 radical (unpaired) electrons. The lowest BCUT2D eigenvalue weighted by Gasteiger charge is -2.14. The number of hydrogen-bond donors (Lipinski definition) is 2. The number of aromatic nitrogens is 2. The van der Waals surface area contributed by atoms with Crippen LogP contribution in [0, 0.1) is 5.82 Å². The molecule has 0 amide bonds. The minimum atomic E-state index is -1.25. The van der Waals surface area contributed by atoms with Crippen LogP contribution in [0.25, 0.3) is 0 Å². The summed E-state index contributed by atoms with van der Waals surface area (Å²) in [6, 6.07) is 0. The minimum Gasteiger partial charge on any atom is -0.467 e. The number of aromatic amines is 1. The molecule has 0 saturated carbocycles. The Morgan fingerprint density at radius 1 is 1.63 bits per heavy atom. The summed E-state index contributed by atoms with van der Waals surface area (Å²) in [6.07, 6.45) is -2.93. The molecule has 104 valence electrons. The van der Waals surface area contributed by atoms with Crippen LogP contribution in [0.3, 0.4) is 0 Å². The summed E-state index contributed by atoms with van der Waals surface area (Å²) in [7, 11) is 1.12. The van der Waals surface area contributed by atoms with E-state index in [-0.39, 0.29) is 6.42 Å². The Morgan fingerprint density at radius 2 is 2.32 bits per heavy atom. The summed E-state index contributed by atoms with van der Waals surface area (Å²) in [4.78, 5) is 35.4. The third-order valence-electron chi connectivity index (χ3n) is 2.76. The zero-order valence-corrected chi connectivity index (χ0v) is 9.83. The first-order valence-corrected chi connectivity index (χ1v) is 5.36. The number of H-pyrrole nitrogens is 1. The van der Waals surface area contributed by atoms with Crippen molar-refractivity contribution in [3.05, 3.63) is 32.9 Å². The van der Waals surface area contributed by atoms with E-state index in [9.17, 15) is 23.9 Å². The van der Waals surface area contributed by atoms with Crippen molar-refractivity contribution in [1.29, 1.82) is 0 Å². The standard InChI is InChI=1S/C10H11FN2O6/c1-18-9(16)7-5(14)2-6(19-7)13-3-4(11)8(15)12-10(13)17/h3,5-7,14H,2H2,1H3,(H,12,15,17). The number of aliphatic hydroxyl groups excluding tert-OH is 1. The molecule has 0 spiro atoms. The number of nitrogens with one attached hydrogen (secondary N) is 1. The summed E-state index contributed by atoms with van der Waals surface area (Å²) in [5.74, 6) is -1.97. The topological polar surface area (TPSA) is 111 Å². The number of carbonyl (C=O) groups is 1. The Hall–Kier alpha value is -2.00. The van der Waals surface area contributed by atoms with Gasteiger partial charge in [0.15, 0.2) is 6.10 Å². The molecule has 1 aromatic heterocycles. The monoisotopic (exact) mass is 274 g/mol. The highest BCUT2D eigenvalue weighted by Crippen LogP contribution is 2.28. The van der Waals surface area contributed by atoms with Crippen LogP contribution < -0.4 is 11.2 Å². The number of rotatable bonds is 2. The maximum atomic E-state index is 13.1. The van der Waals surface area contributed by atoms with Gasteiger partial charge in [0.25, 0.3) is 5.56 Å². The summed E-state index contributed by atoms with van der Waals surface area (Å²) >= 11 is 0. The van der Waals surface area contributed by atoms with Gasteiger partial charge in [-0.1, -0.05) is 0 Å². The zero-order valence-electron chi connectivity index (χ0n) is 9.83. The van der Waals surface area contributed by atoms with Gasteiger partial charge in [-0.2, -0.15) is 4.39 Å². The number of methoxy groups -OCH3 is 1. The van der Waals surface area contributed by atoms with Crippen LogP contribution in [0.2, 0.25) is 0 Å². The number of esters is 1. The third kappa shape index (κ3) is 2.42. The van der Waals surface area contributed by atoms with Crippen LogP contribution in [0.5, 0.6) is 0 Å². The molecule has 1 saturated heterocycles. The Bertz CT molecular complexity index is 609. The van der Waals surface area contributed by atoms with E-state index in [1.54, 1.807) is 4.98 Å². The van der Waals surface area contributed by atoms with Gasteiger partial charge in [0.05, 0.1) is 19.4 Å². The van der Waals surface area contributed by atoms with Gasteiger partial charge >= 0.3 is 11.7 Å². The van der Waals surface area contributed by atoms with Gasteiger partial charge in [-0.3, -0.25) is 14.3 Å². The maximum absolute atomic E-state index is 13.1. The van der Waals surface area contributed by atoms with Crippen LogP contribution in [0.4, 0.5) is 4.39 Å². The van der Waals surface area contributed by atoms with E-state index >= 15 is 0 Å². The van der Waals surface area contributed by atoms with Crippen LogP contribution in [0.1, 0.15) is 12.6 Å². The van der Waals surface area contributed by atoms with Crippen molar-refractivity contribution in [2.45, 2.75) is 24.9 Å². The van der Waals surface area contributed by atoms with Crippen LogP contribution in [-0.2, 0) is 14.3 Å². The molecule has 3 unspecified atom stereocenters. The number of hydrogen-bond acceptors (Lipinski definition) is 6. The number of nitrogens with zero attached hydrogens (tertiary/aromatic N) is 1. The molecule has 19 heavy (non-hydrogen) atoms. The second-order valence-corrected chi connectivity index (χ2v) is 3.98. The average molecular weight is 274 g/mol. The minimum absolute atomic E-state index is 0.106. The second-order valence-electron chi connectivity index (χ2n) is 3.98. The predicted molar refractivity (Wildman–Crippen MR) is 57.8 cm³/mol. The molecule has 2 N–H and O–H groups in total. The molecule has 2 rings (SSSR count). The van der Waals surface area contributed by atoms with E-state index in [1.165, 1.54) is 0 Å². The first-order chi connectivity index (χ1) is 8.93. The number of aliphatic hydroxyl groups is 1. The van der Waals surface area contributed by atoms with E-state index in [4.69, 9.17) is 4.74 Å². The SMILES string of the molecule is COC(=O)C1OC(n2cc(F)c(=O)[nH]c2=O)CC1O. The van der Waals surface area contributed by atoms with Gasteiger partial charge in [0.2, 0.25) is 5.82 Å². The Labute approximate surface area is 105 Å². The summed E-state index contributed by atoms with van der Waals surface area (Å²) in [6.45, 7) is 0. The van der Waals surface area contributed by atoms with E-state index in [2.05, 4.69) is 4.74 Å². The fourth-order valence-corrected chi connectivity index (χ4v) is 1.83. The van der Waals surface area contributed by atoms with Gasteiger partial charge in [-0.15, -0.1) is 0 Å². The lowest BCUT2D eigenvalue weighted by Crippen LogP contribution is -2.34. The largest absolute Gasteiger partial charge is 0.467 e. The third-order valence-corrected chi connectivity index (χ3v) is 2.76. The fourth-order valence-electron chi connectivity index (χ4n) is 1.83. The van der Waals surface area contributed by atoms with Gasteiger partial charge in [0, 0.05) is 6.42 Å². The van der Waals surface area contributed by atoms with Gasteiger partial charge in [-0.25, -0.2) is 9.59 Å². The van der Waals surface area contributed by atoms with E-state index in [0.29, 0.717) is 6.20 Å². The number of carbonyl (C=O) groups excluding carboxylic acids is 1. The molecule has 0 bridgehead atoms. The Balaban J connectivity index is 2.30. The van der Waals surface area contributed by atoms with Gasteiger partial charge in [-0.05, 0) is 0 Å². The summed E-state index contributed by atoms with van der Waals surface area (Å²) in [5.41, 5.74) is -2.04. The highest BCUT2D eigenvalue weighted by atomic mass is 19.1. The smallest absolute Gasteiger partial charge is 0.337 e. The second kappa shape index (κ2) is 4.94. The summed E-state index contributed by atoms with van der Waals surface area (Å²) in [5, 5.41) is 9.63. The lowest BCUT2D eigenvalue weighted by atomic mass is 10.2. The molecule has 1 fully saturated rings. The number of ether oxygens (including phenoxy) is 2. The molecule has 1 aromatic rings. The van der Waals surface area contributed by atoms with E-state index in [1.807, 2.05) is 0 Å². The van der Waals surface area contributed by atoms with E-state index < -0.39 is 41.5 Å². The zero-order chi connectivity index (χ0) is 14.2. The highest BCUT2D eigenvalue weighted by Gasteiger charge is 2.40. The van der Waals surface area contributed by atoms with Crippen LogP contribution in [-0.4, -0.2) is 39.9 Å². The van der Waals surface area contributed by atoms with Crippen LogP contribution >= 0.6 is 0 Å². The fraction of sp³-hybridized carbons (Fsp3) is 0.500. The quantitative estimate of drug-likeness (QED) is 0.635. The maximum Gasteiger partial charge on any atom is 0.337 e. The van der Waals surface area contributed by atoms with Crippen molar-refractivity contribution in [2.24, 2.45) is 0 Å². The number of halogens is 1. The molecule has 9 heteroatoms. The van der Waals surface area contributed by atoms with Crippen molar-refractivity contribution in [2.75, 3.05) is 7.11 Å². The van der Waals surface area contributed by atoms with Gasteiger partial charge in [0.1, 0.15) is 6.23 Å². The molecule has 3 atom stereocenters. The lowest BCUT2D eigenvalue weighted by molar-refractivity contribution is -0.159. The van der Waals surface area contributed by atoms with Crippen molar-refractivity contribution in [3.63, 3.8) is 0 Å². The Kier molecular flexibility index (Phi) is 3.49. The van der Waals surface area contributed by atoms with Crippen LogP contribution in [0.15, 0.2) is 15.8 Å². The molecule has 1 aliphatic heterocycles.